The van der Waals surface area contributed by atoms with Gasteiger partial charge in [0.2, 0.25) is 0 Å². The topological polar surface area (TPSA) is 35.2 Å². The number of rotatable bonds is 7. The van der Waals surface area contributed by atoms with Crippen molar-refractivity contribution in [2.24, 2.45) is 5.73 Å². The minimum absolute atomic E-state index is 0.0677. The summed E-state index contributed by atoms with van der Waals surface area (Å²) < 4.78 is 6.89. The largest absolute Gasteiger partial charge is 0.371 e. The SMILES string of the molecule is CCCCCOC(CN)c1ccc(Br)s1. The summed E-state index contributed by atoms with van der Waals surface area (Å²) in [6, 6.07) is 4.12. The second kappa shape index (κ2) is 7.39. The van der Waals surface area contributed by atoms with Crippen molar-refractivity contribution < 1.29 is 4.74 Å². The van der Waals surface area contributed by atoms with Crippen LogP contribution in [0, 0.1) is 0 Å². The van der Waals surface area contributed by atoms with Gasteiger partial charge in [0, 0.05) is 18.0 Å². The highest BCUT2D eigenvalue weighted by atomic mass is 79.9. The van der Waals surface area contributed by atoms with Crippen LogP contribution >= 0.6 is 27.3 Å². The second-order valence-electron chi connectivity index (χ2n) is 3.44. The molecule has 0 saturated heterocycles. The predicted octanol–water partition coefficient (Wildman–Crippen LogP) is 3.72. The fourth-order valence-corrected chi connectivity index (χ4v) is 2.83. The van der Waals surface area contributed by atoms with Crippen molar-refractivity contribution >= 4 is 27.3 Å². The van der Waals surface area contributed by atoms with E-state index < -0.39 is 0 Å². The van der Waals surface area contributed by atoms with Crippen LogP contribution in [0.25, 0.3) is 0 Å². The smallest absolute Gasteiger partial charge is 0.104 e. The summed E-state index contributed by atoms with van der Waals surface area (Å²) in [5, 5.41) is 0. The summed E-state index contributed by atoms with van der Waals surface area (Å²) >= 11 is 5.14. The van der Waals surface area contributed by atoms with E-state index in [-0.39, 0.29) is 6.10 Å². The molecule has 0 fully saturated rings. The fourth-order valence-electron chi connectivity index (χ4n) is 1.35. The average Bonchev–Trinajstić information content (AvgIpc) is 2.65. The minimum Gasteiger partial charge on any atom is -0.371 e. The van der Waals surface area contributed by atoms with Gasteiger partial charge in [-0.25, -0.2) is 0 Å². The van der Waals surface area contributed by atoms with Gasteiger partial charge in [0.15, 0.2) is 0 Å². The summed E-state index contributed by atoms with van der Waals surface area (Å²) in [7, 11) is 0. The van der Waals surface area contributed by atoms with Crippen LogP contribution in [0.15, 0.2) is 15.9 Å². The van der Waals surface area contributed by atoms with E-state index >= 15 is 0 Å². The molecule has 0 aliphatic rings. The number of unbranched alkanes of at least 4 members (excludes halogenated alkanes) is 2. The van der Waals surface area contributed by atoms with Crippen molar-refractivity contribution in [2.75, 3.05) is 13.2 Å². The molecule has 4 heteroatoms. The maximum Gasteiger partial charge on any atom is 0.104 e. The third kappa shape index (κ3) is 4.64. The highest BCUT2D eigenvalue weighted by Crippen LogP contribution is 2.28. The first-order valence-corrected chi connectivity index (χ1v) is 6.95. The molecular weight excluding hydrogens is 274 g/mol. The Kier molecular flexibility index (Phi) is 6.48. The zero-order valence-corrected chi connectivity index (χ0v) is 11.4. The molecule has 1 aromatic rings. The van der Waals surface area contributed by atoms with Gasteiger partial charge in [0.1, 0.15) is 6.10 Å². The Labute approximate surface area is 104 Å². The van der Waals surface area contributed by atoms with Gasteiger partial charge in [-0.2, -0.15) is 0 Å². The summed E-state index contributed by atoms with van der Waals surface area (Å²) in [4.78, 5) is 1.21. The highest BCUT2D eigenvalue weighted by Gasteiger charge is 2.11. The minimum atomic E-state index is 0.0677. The van der Waals surface area contributed by atoms with Gasteiger partial charge in [0.25, 0.3) is 0 Å². The standard InChI is InChI=1S/C11H18BrNOS/c1-2-3-4-7-14-9(8-13)10-5-6-11(12)15-10/h5-6,9H,2-4,7-8,13H2,1H3. The van der Waals surface area contributed by atoms with Crippen molar-refractivity contribution in [3.05, 3.63) is 20.8 Å². The molecule has 0 radical (unpaired) electrons. The van der Waals surface area contributed by atoms with Crippen molar-refractivity contribution in [2.45, 2.75) is 32.3 Å². The maximum absolute atomic E-state index is 5.76. The zero-order valence-electron chi connectivity index (χ0n) is 9.04. The number of hydrogen-bond acceptors (Lipinski definition) is 3. The first-order valence-electron chi connectivity index (χ1n) is 5.34. The van der Waals surface area contributed by atoms with E-state index in [4.69, 9.17) is 10.5 Å². The van der Waals surface area contributed by atoms with Crippen LogP contribution in [0.1, 0.15) is 37.2 Å². The lowest BCUT2D eigenvalue weighted by atomic mass is 10.2. The number of hydrogen-bond donors (Lipinski definition) is 1. The molecule has 86 valence electrons. The molecule has 1 heterocycles. The van der Waals surface area contributed by atoms with Crippen LogP contribution in [-0.4, -0.2) is 13.2 Å². The summed E-state index contributed by atoms with van der Waals surface area (Å²) in [5.41, 5.74) is 5.70. The van der Waals surface area contributed by atoms with Gasteiger partial charge in [-0.15, -0.1) is 11.3 Å². The third-order valence-corrected chi connectivity index (χ3v) is 3.91. The number of halogens is 1. The Hall–Kier alpha value is 0.1000. The van der Waals surface area contributed by atoms with Gasteiger partial charge >= 0.3 is 0 Å². The van der Waals surface area contributed by atoms with E-state index in [0.29, 0.717) is 6.54 Å². The normalized spacial score (nSPS) is 13.0. The molecule has 0 aromatic carbocycles. The lowest BCUT2D eigenvalue weighted by molar-refractivity contribution is 0.0583. The molecule has 0 bridgehead atoms. The van der Waals surface area contributed by atoms with Gasteiger partial charge in [-0.3, -0.25) is 0 Å². The quantitative estimate of drug-likeness (QED) is 0.777. The van der Waals surface area contributed by atoms with Crippen LogP contribution in [-0.2, 0) is 4.74 Å². The van der Waals surface area contributed by atoms with Gasteiger partial charge in [-0.05, 0) is 34.5 Å². The van der Waals surface area contributed by atoms with Crippen molar-refractivity contribution in [1.29, 1.82) is 0 Å². The lowest BCUT2D eigenvalue weighted by Gasteiger charge is -2.13. The van der Waals surface area contributed by atoms with E-state index in [9.17, 15) is 0 Å². The second-order valence-corrected chi connectivity index (χ2v) is 5.94. The monoisotopic (exact) mass is 291 g/mol. The van der Waals surface area contributed by atoms with Crippen LogP contribution in [0.5, 0.6) is 0 Å². The van der Waals surface area contributed by atoms with E-state index in [1.165, 1.54) is 17.7 Å². The van der Waals surface area contributed by atoms with Gasteiger partial charge in [0.05, 0.1) is 3.79 Å². The highest BCUT2D eigenvalue weighted by molar-refractivity contribution is 9.11. The van der Waals surface area contributed by atoms with Crippen molar-refractivity contribution in [3.8, 4) is 0 Å². The predicted molar refractivity (Wildman–Crippen MR) is 69.3 cm³/mol. The molecule has 2 nitrogen and oxygen atoms in total. The van der Waals surface area contributed by atoms with E-state index in [1.807, 2.05) is 6.07 Å². The number of thiophene rings is 1. The number of nitrogens with two attached hydrogens (primary N) is 1. The molecule has 1 rings (SSSR count). The molecule has 0 spiro atoms. The van der Waals surface area contributed by atoms with E-state index in [1.54, 1.807) is 11.3 Å². The fraction of sp³-hybridized carbons (Fsp3) is 0.636. The molecule has 0 aliphatic heterocycles. The summed E-state index contributed by atoms with van der Waals surface area (Å²) in [6.07, 6.45) is 3.64. The van der Waals surface area contributed by atoms with Gasteiger partial charge in [-0.1, -0.05) is 19.8 Å². The molecule has 1 aromatic heterocycles. The van der Waals surface area contributed by atoms with E-state index in [2.05, 4.69) is 28.9 Å². The van der Waals surface area contributed by atoms with Crippen LogP contribution in [0.2, 0.25) is 0 Å². The maximum atomic E-state index is 5.76. The Morgan fingerprint density at radius 1 is 1.47 bits per heavy atom. The summed E-state index contributed by atoms with van der Waals surface area (Å²) in [6.45, 7) is 3.56. The molecule has 0 aliphatic carbocycles. The first-order chi connectivity index (χ1) is 7.27. The van der Waals surface area contributed by atoms with Gasteiger partial charge < -0.3 is 10.5 Å². The molecule has 0 amide bonds. The van der Waals surface area contributed by atoms with Crippen molar-refractivity contribution in [3.63, 3.8) is 0 Å². The Morgan fingerprint density at radius 3 is 2.80 bits per heavy atom. The van der Waals surface area contributed by atoms with Crippen LogP contribution in [0.4, 0.5) is 0 Å². The van der Waals surface area contributed by atoms with Crippen molar-refractivity contribution in [1.82, 2.24) is 0 Å². The molecule has 1 unspecified atom stereocenters. The molecule has 15 heavy (non-hydrogen) atoms. The first kappa shape index (κ1) is 13.2. The molecule has 1 atom stereocenters. The Balaban J connectivity index is 2.35. The molecular formula is C11H18BrNOS. The van der Waals surface area contributed by atoms with Crippen LogP contribution in [0.3, 0.4) is 0 Å². The zero-order chi connectivity index (χ0) is 11.1. The lowest BCUT2D eigenvalue weighted by Crippen LogP contribution is -2.15. The molecule has 0 saturated carbocycles. The Bertz CT molecular complexity index is 277. The Morgan fingerprint density at radius 2 is 2.27 bits per heavy atom. The number of ether oxygens (including phenoxy) is 1. The molecule has 2 N–H and O–H groups in total. The average molecular weight is 292 g/mol. The van der Waals surface area contributed by atoms with E-state index in [0.717, 1.165) is 16.8 Å². The summed E-state index contributed by atoms with van der Waals surface area (Å²) in [5.74, 6) is 0. The van der Waals surface area contributed by atoms with Crippen LogP contribution < -0.4 is 5.73 Å². The third-order valence-electron chi connectivity index (χ3n) is 2.19.